The number of aromatic nitrogens is 4. The Bertz CT molecular complexity index is 911. The van der Waals surface area contributed by atoms with Crippen LogP contribution in [0.15, 0.2) is 42.5 Å². The summed E-state index contributed by atoms with van der Waals surface area (Å²) < 4.78 is 26.2. The first-order valence-corrected chi connectivity index (χ1v) is 7.25. The van der Waals surface area contributed by atoms with Gasteiger partial charge in [0.25, 0.3) is 0 Å². The zero-order valence-corrected chi connectivity index (χ0v) is 12.8. The van der Waals surface area contributed by atoms with E-state index in [-0.39, 0.29) is 17.9 Å². The van der Waals surface area contributed by atoms with Gasteiger partial charge in [0.1, 0.15) is 6.10 Å². The molecule has 1 unspecified atom stereocenters. The normalized spacial score (nSPS) is 12.1. The van der Waals surface area contributed by atoms with Crippen LogP contribution in [0.1, 0.15) is 22.0 Å². The molecule has 128 valence electrons. The number of aliphatic hydroxyl groups excluding tert-OH is 1. The molecule has 7 nitrogen and oxygen atoms in total. The van der Waals surface area contributed by atoms with Gasteiger partial charge in [0.05, 0.1) is 6.54 Å². The van der Waals surface area contributed by atoms with Crippen LogP contribution in [-0.4, -0.2) is 31.2 Å². The van der Waals surface area contributed by atoms with Crippen LogP contribution in [0, 0.1) is 11.6 Å². The summed E-state index contributed by atoms with van der Waals surface area (Å²) in [5.74, 6) is -2.29. The molecule has 0 aliphatic rings. The number of aliphatic hydroxyl groups is 1. The lowest BCUT2D eigenvalue weighted by molar-refractivity contribution is 0.1000. The Balaban J connectivity index is 1.74. The first kappa shape index (κ1) is 16.7. The first-order chi connectivity index (χ1) is 11.9. The zero-order valence-electron chi connectivity index (χ0n) is 12.8. The Kier molecular flexibility index (Phi) is 4.48. The number of hydrogen-bond acceptors (Lipinski definition) is 5. The minimum absolute atomic E-state index is 0.0859. The summed E-state index contributed by atoms with van der Waals surface area (Å²) in [5.41, 5.74) is 6.33. The Labute approximate surface area is 140 Å². The van der Waals surface area contributed by atoms with Crippen molar-refractivity contribution in [1.29, 1.82) is 0 Å². The van der Waals surface area contributed by atoms with Gasteiger partial charge in [-0.2, -0.15) is 4.80 Å². The van der Waals surface area contributed by atoms with Crippen molar-refractivity contribution in [1.82, 2.24) is 20.2 Å². The second kappa shape index (κ2) is 6.73. The first-order valence-electron chi connectivity index (χ1n) is 7.25. The van der Waals surface area contributed by atoms with E-state index in [1.807, 2.05) is 0 Å². The summed E-state index contributed by atoms with van der Waals surface area (Å²) in [4.78, 5) is 12.2. The van der Waals surface area contributed by atoms with Gasteiger partial charge in [-0.3, -0.25) is 4.79 Å². The average molecular weight is 345 g/mol. The number of tetrazole rings is 1. The fraction of sp³-hybridized carbons (Fsp3) is 0.125. The van der Waals surface area contributed by atoms with Gasteiger partial charge in [0.2, 0.25) is 11.7 Å². The lowest BCUT2D eigenvalue weighted by atomic mass is 10.1. The lowest BCUT2D eigenvalue weighted by Gasteiger charge is -2.09. The van der Waals surface area contributed by atoms with Crippen LogP contribution >= 0.6 is 0 Å². The summed E-state index contributed by atoms with van der Waals surface area (Å²) >= 11 is 0. The van der Waals surface area contributed by atoms with Crippen molar-refractivity contribution < 1.29 is 18.7 Å². The number of nitrogens with two attached hydrogens (primary N) is 1. The molecule has 3 rings (SSSR count). The van der Waals surface area contributed by atoms with Gasteiger partial charge < -0.3 is 10.8 Å². The maximum atomic E-state index is 13.2. The number of carbonyl (C=O) groups is 1. The molecule has 0 saturated heterocycles. The van der Waals surface area contributed by atoms with Gasteiger partial charge in [-0.25, -0.2) is 8.78 Å². The summed E-state index contributed by atoms with van der Waals surface area (Å²) in [6, 6.07) is 9.45. The minimum atomic E-state index is -1.13. The standard InChI is InChI=1S/C16H13F2N5O2/c17-12-6-5-11(7-13(12)18)14(24)8-23-21-16(20-22-23)10-3-1-9(2-4-10)15(19)25/h1-7,14,24H,8H2,(H2,19,25). The molecule has 0 saturated carbocycles. The number of amides is 1. The largest absolute Gasteiger partial charge is 0.386 e. The van der Waals surface area contributed by atoms with Gasteiger partial charge in [0, 0.05) is 11.1 Å². The van der Waals surface area contributed by atoms with Crippen molar-refractivity contribution >= 4 is 5.91 Å². The average Bonchev–Trinajstić information content (AvgIpc) is 3.05. The highest BCUT2D eigenvalue weighted by Gasteiger charge is 2.14. The van der Waals surface area contributed by atoms with Crippen LogP contribution in [0.5, 0.6) is 0 Å². The molecule has 1 aromatic heterocycles. The molecule has 0 bridgehead atoms. The smallest absolute Gasteiger partial charge is 0.248 e. The van der Waals surface area contributed by atoms with Crippen molar-refractivity contribution in [3.8, 4) is 11.4 Å². The molecular formula is C16H13F2N5O2. The van der Waals surface area contributed by atoms with Crippen molar-refractivity contribution in [2.24, 2.45) is 5.73 Å². The molecule has 0 radical (unpaired) electrons. The number of halogens is 2. The molecule has 1 amide bonds. The van der Waals surface area contributed by atoms with Crippen molar-refractivity contribution in [3.63, 3.8) is 0 Å². The van der Waals surface area contributed by atoms with E-state index in [9.17, 15) is 18.7 Å². The quantitative estimate of drug-likeness (QED) is 0.728. The number of benzene rings is 2. The molecule has 1 atom stereocenters. The minimum Gasteiger partial charge on any atom is -0.386 e. The summed E-state index contributed by atoms with van der Waals surface area (Å²) in [7, 11) is 0. The van der Waals surface area contributed by atoms with E-state index in [1.165, 1.54) is 18.2 Å². The summed E-state index contributed by atoms with van der Waals surface area (Å²) in [6.45, 7) is -0.0859. The monoisotopic (exact) mass is 345 g/mol. The SMILES string of the molecule is NC(=O)c1ccc(-c2nnn(CC(O)c3ccc(F)c(F)c3)n2)cc1. The van der Waals surface area contributed by atoms with E-state index in [2.05, 4.69) is 15.4 Å². The van der Waals surface area contributed by atoms with E-state index in [1.54, 1.807) is 12.1 Å². The van der Waals surface area contributed by atoms with Crippen LogP contribution in [0.4, 0.5) is 8.78 Å². The predicted molar refractivity (Wildman–Crippen MR) is 83.1 cm³/mol. The van der Waals surface area contributed by atoms with E-state index in [0.29, 0.717) is 11.1 Å². The number of rotatable bonds is 5. The molecule has 0 aliphatic carbocycles. The van der Waals surface area contributed by atoms with E-state index < -0.39 is 23.6 Å². The van der Waals surface area contributed by atoms with Crippen molar-refractivity contribution in [2.45, 2.75) is 12.6 Å². The van der Waals surface area contributed by atoms with E-state index in [4.69, 9.17) is 5.73 Å². The fourth-order valence-corrected chi connectivity index (χ4v) is 2.20. The van der Waals surface area contributed by atoms with Gasteiger partial charge in [-0.15, -0.1) is 10.2 Å². The topological polar surface area (TPSA) is 107 Å². The Hall–Kier alpha value is -3.20. The van der Waals surface area contributed by atoms with E-state index >= 15 is 0 Å². The van der Waals surface area contributed by atoms with Gasteiger partial charge >= 0.3 is 0 Å². The Morgan fingerprint density at radius 3 is 2.52 bits per heavy atom. The molecule has 2 aromatic carbocycles. The highest BCUT2D eigenvalue weighted by atomic mass is 19.2. The van der Waals surface area contributed by atoms with E-state index in [0.717, 1.165) is 16.9 Å². The second-order valence-corrected chi connectivity index (χ2v) is 5.30. The van der Waals surface area contributed by atoms with Gasteiger partial charge in [-0.1, -0.05) is 18.2 Å². The summed E-state index contributed by atoms with van der Waals surface area (Å²) in [6.07, 6.45) is -1.13. The molecule has 0 spiro atoms. The van der Waals surface area contributed by atoms with Crippen LogP contribution in [0.25, 0.3) is 11.4 Å². The molecule has 1 heterocycles. The fourth-order valence-electron chi connectivity index (χ4n) is 2.20. The second-order valence-electron chi connectivity index (χ2n) is 5.30. The third kappa shape index (κ3) is 3.66. The molecular weight excluding hydrogens is 332 g/mol. The van der Waals surface area contributed by atoms with Crippen LogP contribution in [0.2, 0.25) is 0 Å². The lowest BCUT2D eigenvalue weighted by Crippen LogP contribution is -2.12. The van der Waals surface area contributed by atoms with Gasteiger partial charge in [0.15, 0.2) is 11.6 Å². The van der Waals surface area contributed by atoms with Crippen LogP contribution in [0.3, 0.4) is 0 Å². The zero-order chi connectivity index (χ0) is 18.0. The number of nitrogens with zero attached hydrogens (tertiary/aromatic N) is 4. The number of hydrogen-bond donors (Lipinski definition) is 2. The molecule has 0 fully saturated rings. The van der Waals surface area contributed by atoms with Crippen molar-refractivity contribution in [3.05, 3.63) is 65.2 Å². The molecule has 3 aromatic rings. The predicted octanol–water partition coefficient (Wildman–Crippen LogP) is 1.45. The summed E-state index contributed by atoms with van der Waals surface area (Å²) in [5, 5.41) is 21.9. The Morgan fingerprint density at radius 2 is 1.88 bits per heavy atom. The highest BCUT2D eigenvalue weighted by molar-refractivity contribution is 5.93. The van der Waals surface area contributed by atoms with Gasteiger partial charge in [-0.05, 0) is 35.0 Å². The molecule has 3 N–H and O–H groups in total. The van der Waals surface area contributed by atoms with Crippen LogP contribution < -0.4 is 5.73 Å². The maximum Gasteiger partial charge on any atom is 0.248 e. The Morgan fingerprint density at radius 1 is 1.16 bits per heavy atom. The number of primary amides is 1. The van der Waals surface area contributed by atoms with Crippen molar-refractivity contribution in [2.75, 3.05) is 0 Å². The third-order valence-corrected chi connectivity index (χ3v) is 3.55. The maximum absolute atomic E-state index is 13.2. The molecule has 9 heteroatoms. The highest BCUT2D eigenvalue weighted by Crippen LogP contribution is 2.19. The molecule has 0 aliphatic heterocycles. The third-order valence-electron chi connectivity index (χ3n) is 3.55. The van der Waals surface area contributed by atoms with Crippen LogP contribution in [-0.2, 0) is 6.54 Å². The number of carbonyl (C=O) groups excluding carboxylic acids is 1. The molecule has 25 heavy (non-hydrogen) atoms.